The van der Waals surface area contributed by atoms with Gasteiger partial charge < -0.3 is 25.0 Å². The second kappa shape index (κ2) is 12.0. The molecule has 0 aliphatic carbocycles. The van der Waals surface area contributed by atoms with Crippen LogP contribution < -0.4 is 20.1 Å². The Bertz CT molecular complexity index is 678. The zero-order chi connectivity index (χ0) is 20.6. The summed E-state index contributed by atoms with van der Waals surface area (Å²) in [6.07, 6.45) is 0. The van der Waals surface area contributed by atoms with Crippen LogP contribution in [-0.4, -0.2) is 58.2 Å². The van der Waals surface area contributed by atoms with E-state index < -0.39 is 5.41 Å². The van der Waals surface area contributed by atoms with E-state index in [1.54, 1.807) is 21.3 Å². The van der Waals surface area contributed by atoms with Crippen LogP contribution in [0.25, 0.3) is 0 Å². The topological polar surface area (TPSA) is 75.2 Å². The molecule has 1 aromatic rings. The standard InChI is InChI=1S/C20H34N4O3.HI/c1-9-22-19(23-13-20(3,4)18(25)21-5)24(6)12-15-11-17(27-8)16(26-7)10-14(15)2;/h10-11H,9,12-13H2,1-8H3,(H,21,25)(H,22,23);1H. The van der Waals surface area contributed by atoms with Gasteiger partial charge in [-0.2, -0.15) is 0 Å². The highest BCUT2D eigenvalue weighted by Crippen LogP contribution is 2.30. The van der Waals surface area contributed by atoms with Crippen LogP contribution in [0.3, 0.4) is 0 Å². The first-order valence-corrected chi connectivity index (χ1v) is 9.13. The van der Waals surface area contributed by atoms with Crippen LogP contribution in [0.4, 0.5) is 0 Å². The van der Waals surface area contributed by atoms with Crippen molar-refractivity contribution in [3.63, 3.8) is 0 Å². The number of carbonyl (C=O) groups excluding carboxylic acids is 1. The molecular weight excluding hydrogens is 471 g/mol. The van der Waals surface area contributed by atoms with Crippen LogP contribution in [-0.2, 0) is 11.3 Å². The molecule has 0 heterocycles. The normalized spacial score (nSPS) is 11.4. The number of benzene rings is 1. The van der Waals surface area contributed by atoms with Gasteiger partial charge in [0.25, 0.3) is 0 Å². The van der Waals surface area contributed by atoms with Crippen molar-refractivity contribution in [2.75, 3.05) is 41.4 Å². The molecule has 1 aromatic carbocycles. The Morgan fingerprint density at radius 1 is 1.21 bits per heavy atom. The Morgan fingerprint density at radius 2 is 1.79 bits per heavy atom. The Kier molecular flexibility index (Phi) is 11.2. The number of nitrogens with zero attached hydrogens (tertiary/aromatic N) is 2. The van der Waals surface area contributed by atoms with Gasteiger partial charge in [-0.25, -0.2) is 0 Å². The van der Waals surface area contributed by atoms with E-state index in [1.807, 2.05) is 51.8 Å². The second-order valence-corrected chi connectivity index (χ2v) is 7.12. The fourth-order valence-corrected chi connectivity index (χ4v) is 2.68. The summed E-state index contributed by atoms with van der Waals surface area (Å²) in [6, 6.07) is 3.96. The summed E-state index contributed by atoms with van der Waals surface area (Å²) >= 11 is 0. The Balaban J connectivity index is 0.00000729. The molecule has 0 aliphatic rings. The van der Waals surface area contributed by atoms with Crippen molar-refractivity contribution >= 4 is 35.8 Å². The molecule has 7 nitrogen and oxygen atoms in total. The zero-order valence-corrected chi connectivity index (χ0v) is 20.6. The molecule has 0 fully saturated rings. The fraction of sp³-hybridized carbons (Fsp3) is 0.600. The monoisotopic (exact) mass is 506 g/mol. The van der Waals surface area contributed by atoms with Gasteiger partial charge in [0, 0.05) is 27.2 Å². The quantitative estimate of drug-likeness (QED) is 0.322. The Hall–Kier alpha value is -1.71. The molecule has 0 radical (unpaired) electrons. The Labute approximate surface area is 186 Å². The highest BCUT2D eigenvalue weighted by atomic mass is 127. The minimum Gasteiger partial charge on any atom is -0.493 e. The number of carbonyl (C=O) groups is 1. The molecule has 0 saturated heterocycles. The highest BCUT2D eigenvalue weighted by Gasteiger charge is 2.26. The minimum absolute atomic E-state index is 0. The lowest BCUT2D eigenvalue weighted by Crippen LogP contribution is -2.41. The molecule has 28 heavy (non-hydrogen) atoms. The first-order valence-electron chi connectivity index (χ1n) is 9.13. The van der Waals surface area contributed by atoms with E-state index in [1.165, 1.54) is 0 Å². The summed E-state index contributed by atoms with van der Waals surface area (Å²) in [7, 11) is 6.88. The van der Waals surface area contributed by atoms with Crippen molar-refractivity contribution in [3.8, 4) is 11.5 Å². The van der Waals surface area contributed by atoms with Crippen molar-refractivity contribution in [1.82, 2.24) is 15.5 Å². The second-order valence-electron chi connectivity index (χ2n) is 7.12. The van der Waals surface area contributed by atoms with Gasteiger partial charge in [0.15, 0.2) is 17.5 Å². The van der Waals surface area contributed by atoms with Gasteiger partial charge in [0.2, 0.25) is 5.91 Å². The lowest BCUT2D eigenvalue weighted by atomic mass is 9.93. The van der Waals surface area contributed by atoms with Crippen molar-refractivity contribution in [2.45, 2.75) is 34.2 Å². The first kappa shape index (κ1) is 26.3. The number of guanidine groups is 1. The number of rotatable bonds is 8. The van der Waals surface area contributed by atoms with Crippen LogP contribution >= 0.6 is 24.0 Å². The largest absolute Gasteiger partial charge is 0.493 e. The molecule has 0 aliphatic heterocycles. The summed E-state index contributed by atoms with van der Waals surface area (Å²) < 4.78 is 10.8. The van der Waals surface area contributed by atoms with Gasteiger partial charge in [0.05, 0.1) is 26.2 Å². The molecule has 0 atom stereocenters. The van der Waals surface area contributed by atoms with Crippen LogP contribution in [0.5, 0.6) is 11.5 Å². The number of nitrogens with one attached hydrogen (secondary N) is 2. The molecule has 0 aromatic heterocycles. The van der Waals surface area contributed by atoms with Crippen molar-refractivity contribution in [2.24, 2.45) is 10.4 Å². The average molecular weight is 506 g/mol. The third-order valence-electron chi connectivity index (χ3n) is 4.41. The summed E-state index contributed by atoms with van der Waals surface area (Å²) in [4.78, 5) is 18.7. The van der Waals surface area contributed by atoms with Crippen LogP contribution in [0.2, 0.25) is 0 Å². The molecular formula is C20H35IN4O3. The molecule has 8 heteroatoms. The van der Waals surface area contributed by atoms with Gasteiger partial charge in [-0.3, -0.25) is 9.79 Å². The number of aliphatic imine (C=N–C) groups is 1. The molecule has 0 saturated carbocycles. The van der Waals surface area contributed by atoms with Crippen molar-refractivity contribution in [3.05, 3.63) is 23.3 Å². The van der Waals surface area contributed by atoms with Gasteiger partial charge in [-0.15, -0.1) is 24.0 Å². The van der Waals surface area contributed by atoms with Gasteiger partial charge in [0.1, 0.15) is 0 Å². The maximum absolute atomic E-state index is 12.0. The van der Waals surface area contributed by atoms with E-state index >= 15 is 0 Å². The third-order valence-corrected chi connectivity index (χ3v) is 4.41. The van der Waals surface area contributed by atoms with E-state index in [-0.39, 0.29) is 29.9 Å². The molecule has 0 unspecified atom stereocenters. The van der Waals surface area contributed by atoms with E-state index in [9.17, 15) is 4.79 Å². The lowest BCUT2D eigenvalue weighted by molar-refractivity contribution is -0.128. The predicted octanol–water partition coefficient (Wildman–Crippen LogP) is 2.80. The third kappa shape index (κ3) is 7.03. The van der Waals surface area contributed by atoms with Crippen molar-refractivity contribution < 1.29 is 14.3 Å². The number of hydrogen-bond acceptors (Lipinski definition) is 4. The van der Waals surface area contributed by atoms with Crippen molar-refractivity contribution in [1.29, 1.82) is 0 Å². The summed E-state index contributed by atoms with van der Waals surface area (Å²) in [5.41, 5.74) is 1.66. The van der Waals surface area contributed by atoms with E-state index in [2.05, 4.69) is 15.6 Å². The number of halogens is 1. The van der Waals surface area contributed by atoms with E-state index in [0.717, 1.165) is 23.6 Å². The smallest absolute Gasteiger partial charge is 0.227 e. The molecule has 0 bridgehead atoms. The number of aryl methyl sites for hydroxylation is 1. The summed E-state index contributed by atoms with van der Waals surface area (Å²) in [5.74, 6) is 2.15. The van der Waals surface area contributed by atoms with Crippen LogP contribution in [0.15, 0.2) is 17.1 Å². The average Bonchev–Trinajstić information content (AvgIpc) is 2.65. The SMILES string of the molecule is CCNC(=NCC(C)(C)C(=O)NC)N(C)Cc1cc(OC)c(OC)cc1C.I. The Morgan fingerprint density at radius 3 is 2.29 bits per heavy atom. The summed E-state index contributed by atoms with van der Waals surface area (Å²) in [5, 5.41) is 5.98. The highest BCUT2D eigenvalue weighted by molar-refractivity contribution is 14.0. The number of amides is 1. The number of ether oxygens (including phenoxy) is 2. The minimum atomic E-state index is -0.574. The molecule has 1 amide bonds. The van der Waals surface area contributed by atoms with Crippen LogP contribution in [0, 0.1) is 12.3 Å². The maximum Gasteiger partial charge on any atom is 0.227 e. The van der Waals surface area contributed by atoms with Gasteiger partial charge >= 0.3 is 0 Å². The van der Waals surface area contributed by atoms with E-state index in [0.29, 0.717) is 24.6 Å². The number of methoxy groups -OCH3 is 2. The van der Waals surface area contributed by atoms with Crippen LogP contribution in [0.1, 0.15) is 31.9 Å². The molecule has 0 spiro atoms. The molecule has 160 valence electrons. The van der Waals surface area contributed by atoms with Gasteiger partial charge in [-0.05, 0) is 51.0 Å². The first-order chi connectivity index (χ1) is 12.7. The number of hydrogen-bond donors (Lipinski definition) is 2. The fourth-order valence-electron chi connectivity index (χ4n) is 2.68. The van der Waals surface area contributed by atoms with E-state index in [4.69, 9.17) is 9.47 Å². The molecule has 2 N–H and O–H groups in total. The zero-order valence-electron chi connectivity index (χ0n) is 18.3. The van der Waals surface area contributed by atoms with Gasteiger partial charge in [-0.1, -0.05) is 0 Å². The predicted molar refractivity (Wildman–Crippen MR) is 125 cm³/mol. The lowest BCUT2D eigenvalue weighted by Gasteiger charge is -2.26. The molecule has 1 rings (SSSR count). The summed E-state index contributed by atoms with van der Waals surface area (Å²) in [6.45, 7) is 9.63. The maximum atomic E-state index is 12.0.